The molecular weight excluding hydrogens is 725 g/mol. The zero-order valence-corrected chi connectivity index (χ0v) is 31.9. The molecule has 2 fully saturated rings. The van der Waals surface area contributed by atoms with Gasteiger partial charge in [-0.25, -0.2) is 18.4 Å². The molecule has 4 heterocycles. The van der Waals surface area contributed by atoms with Gasteiger partial charge in [0.25, 0.3) is 0 Å². The molecule has 2 saturated heterocycles. The fraction of sp³-hybridized carbons (Fsp3) is 0.611. The number of carbonyl (C=O) groups excluding carboxylic acids is 2. The predicted molar refractivity (Wildman–Crippen MR) is 192 cm³/mol. The average Bonchev–Trinajstić information content (AvgIpc) is 3.05. The van der Waals surface area contributed by atoms with Gasteiger partial charge in [0.15, 0.2) is 11.3 Å². The van der Waals surface area contributed by atoms with Crippen LogP contribution in [-0.2, 0) is 20.8 Å². The van der Waals surface area contributed by atoms with E-state index < -0.39 is 53.5 Å². The summed E-state index contributed by atoms with van der Waals surface area (Å²) in [5.41, 5.74) is -3.59. The Morgan fingerprint density at radius 1 is 0.827 bits per heavy atom. The van der Waals surface area contributed by atoms with E-state index in [1.165, 1.54) is 28.3 Å². The van der Waals surface area contributed by atoms with Crippen LogP contribution in [0.5, 0.6) is 0 Å². The van der Waals surface area contributed by atoms with Gasteiger partial charge in [0.1, 0.15) is 23.4 Å². The second-order valence-electron chi connectivity index (χ2n) is 14.8. The van der Waals surface area contributed by atoms with Crippen LogP contribution in [0.4, 0.5) is 18.4 Å². The molecule has 16 heteroatoms. The van der Waals surface area contributed by atoms with E-state index in [4.69, 9.17) is 42.9 Å². The average molecular weight is 776 g/mol. The summed E-state index contributed by atoms with van der Waals surface area (Å²) in [4.78, 5) is 35.4. The van der Waals surface area contributed by atoms with Crippen molar-refractivity contribution < 1.29 is 48.3 Å². The van der Waals surface area contributed by atoms with Gasteiger partial charge in [-0.3, -0.25) is 9.97 Å². The normalized spacial score (nSPS) is 18.7. The lowest BCUT2D eigenvalue weighted by molar-refractivity contribution is -0.0156. The number of piperidine rings is 2. The van der Waals surface area contributed by atoms with E-state index in [2.05, 4.69) is 9.97 Å². The van der Waals surface area contributed by atoms with Gasteiger partial charge in [-0.05, 0) is 59.2 Å². The Morgan fingerprint density at radius 3 is 1.62 bits per heavy atom. The topological polar surface area (TPSA) is 166 Å². The van der Waals surface area contributed by atoms with Crippen LogP contribution in [0.2, 0.25) is 10.0 Å². The smallest absolute Gasteiger partial charge is 0.410 e. The lowest BCUT2D eigenvalue weighted by atomic mass is 9.89. The van der Waals surface area contributed by atoms with Crippen molar-refractivity contribution in [3.05, 3.63) is 63.2 Å². The molecule has 52 heavy (non-hydrogen) atoms. The third kappa shape index (κ3) is 11.9. The van der Waals surface area contributed by atoms with Gasteiger partial charge < -0.3 is 39.7 Å². The minimum Gasteiger partial charge on any atom is -0.444 e. The Kier molecular flexibility index (Phi) is 14.8. The number of hydrogen-bond donors (Lipinski definition) is 4. The van der Waals surface area contributed by atoms with Crippen LogP contribution >= 0.6 is 23.2 Å². The van der Waals surface area contributed by atoms with Crippen LogP contribution in [0.3, 0.4) is 0 Å². The van der Waals surface area contributed by atoms with Crippen LogP contribution in [-0.4, -0.2) is 109 Å². The summed E-state index contributed by atoms with van der Waals surface area (Å²) in [5.74, 6) is 0. The van der Waals surface area contributed by atoms with E-state index in [0.29, 0.717) is 5.56 Å². The number of nitrogens with zero attached hydrogens (tertiary/aromatic N) is 4. The summed E-state index contributed by atoms with van der Waals surface area (Å²) < 4.78 is 41.4. The number of aromatic nitrogens is 2. The highest BCUT2D eigenvalue weighted by molar-refractivity contribution is 6.31. The minimum absolute atomic E-state index is 0.0140. The van der Waals surface area contributed by atoms with Gasteiger partial charge in [0.2, 0.25) is 0 Å². The van der Waals surface area contributed by atoms with Gasteiger partial charge in [0, 0.05) is 69.8 Å². The van der Waals surface area contributed by atoms with Crippen LogP contribution < -0.4 is 0 Å². The first kappa shape index (κ1) is 43.3. The summed E-state index contributed by atoms with van der Waals surface area (Å²) in [7, 11) is 0. The summed E-state index contributed by atoms with van der Waals surface area (Å²) >= 11 is 12.4. The Hall–Kier alpha value is -3.14. The number of halogens is 4. The number of alkyl halides is 2. The number of amides is 2. The molecule has 2 aliphatic heterocycles. The number of ether oxygens (including phenoxy) is 2. The summed E-state index contributed by atoms with van der Waals surface area (Å²) in [6.45, 7) is 10.8. The Bertz CT molecular complexity index is 1550. The van der Waals surface area contributed by atoms with Gasteiger partial charge >= 0.3 is 12.2 Å². The van der Waals surface area contributed by atoms with Crippen LogP contribution in [0, 0.1) is 0 Å². The fourth-order valence-electron chi connectivity index (χ4n) is 5.54. The monoisotopic (exact) mass is 774 g/mol. The molecule has 290 valence electrons. The van der Waals surface area contributed by atoms with Crippen molar-refractivity contribution in [3.8, 4) is 0 Å². The molecule has 2 atom stereocenters. The minimum atomic E-state index is -1.81. The Balaban J connectivity index is 0.000000281. The number of likely N-dealkylation sites (tertiary alicyclic amines) is 2. The van der Waals surface area contributed by atoms with Crippen LogP contribution in [0.1, 0.15) is 95.8 Å². The highest BCUT2D eigenvalue weighted by Crippen LogP contribution is 2.41. The molecular formula is C36H50Cl2F2N4O8. The highest BCUT2D eigenvalue weighted by Gasteiger charge is 2.42. The molecule has 2 aromatic heterocycles. The Morgan fingerprint density at radius 2 is 1.25 bits per heavy atom. The first-order valence-electron chi connectivity index (χ1n) is 17.0. The summed E-state index contributed by atoms with van der Waals surface area (Å²) in [6.07, 6.45) is 2.55. The molecule has 0 aliphatic carbocycles. The zero-order chi connectivity index (χ0) is 39.1. The third-order valence-corrected chi connectivity index (χ3v) is 8.87. The standard InChI is InChI=1S/C18H26ClFN2O5.C18H24ClFN2O3/c1-17(2,3)27-16(26)22-6-4-18(20,5-7-22)15-12(19)8-11(9-21-15)14(25)13(24)10-23;1-17(2,3)25-16(24)22-8-6-18(20,7-9-22)15-14(19)11-13(12-21-15)5-4-10-23/h8-9,13-14,23-25H,4-7,10H2,1-3H3;4-5,11-12,23H,6-10H2,1-3H3/b;5-4+/t13-,14-;/m0./s1. The number of rotatable bonds is 7. The van der Waals surface area contributed by atoms with Crippen molar-refractivity contribution in [3.63, 3.8) is 0 Å². The third-order valence-electron chi connectivity index (χ3n) is 8.30. The van der Waals surface area contributed by atoms with E-state index in [0.717, 1.165) is 0 Å². The maximum Gasteiger partial charge on any atom is 0.410 e. The van der Waals surface area contributed by atoms with E-state index >= 15 is 8.78 Å². The molecule has 4 rings (SSSR count). The molecule has 2 aromatic rings. The zero-order valence-electron chi connectivity index (χ0n) is 30.4. The summed E-state index contributed by atoms with van der Waals surface area (Å²) in [6, 6.07) is 2.95. The second-order valence-corrected chi connectivity index (χ2v) is 15.7. The van der Waals surface area contributed by atoms with Gasteiger partial charge in [-0.1, -0.05) is 35.4 Å². The van der Waals surface area contributed by atoms with E-state index in [9.17, 15) is 19.8 Å². The fourth-order valence-corrected chi connectivity index (χ4v) is 6.23. The quantitative estimate of drug-likeness (QED) is 0.253. The van der Waals surface area contributed by atoms with E-state index in [-0.39, 0.29) is 85.5 Å². The van der Waals surface area contributed by atoms with E-state index in [1.54, 1.807) is 59.8 Å². The number of aliphatic hydroxyl groups excluding tert-OH is 4. The maximum atomic E-state index is 15.4. The van der Waals surface area contributed by atoms with Gasteiger partial charge in [-0.2, -0.15) is 0 Å². The molecule has 2 amide bonds. The van der Waals surface area contributed by atoms with Crippen molar-refractivity contribution in [2.75, 3.05) is 39.4 Å². The first-order valence-corrected chi connectivity index (χ1v) is 17.8. The van der Waals surface area contributed by atoms with Crippen LogP contribution in [0.15, 0.2) is 30.6 Å². The first-order chi connectivity index (χ1) is 24.1. The largest absolute Gasteiger partial charge is 0.444 e. The molecule has 0 aromatic carbocycles. The van der Waals surface area contributed by atoms with Crippen molar-refractivity contribution in [1.29, 1.82) is 0 Å². The van der Waals surface area contributed by atoms with E-state index in [1.807, 2.05) is 0 Å². The summed E-state index contributed by atoms with van der Waals surface area (Å²) in [5, 5.41) is 37.4. The lowest BCUT2D eigenvalue weighted by Gasteiger charge is -2.37. The van der Waals surface area contributed by atoms with Crippen molar-refractivity contribution in [1.82, 2.24) is 19.8 Å². The number of aliphatic hydroxyl groups is 4. The SMILES string of the molecule is CC(C)(C)OC(=O)N1CCC(F)(c2ncc(/C=C/CO)cc2Cl)CC1.CC(C)(C)OC(=O)N1CCC(F)(c2ncc([C@H](O)[C@@H](O)CO)cc2Cl)CC1. The molecule has 0 radical (unpaired) electrons. The Labute approximate surface area is 313 Å². The van der Waals surface area contributed by atoms with Gasteiger partial charge in [0.05, 0.1) is 34.6 Å². The molecule has 0 bridgehead atoms. The molecule has 2 aliphatic rings. The molecule has 4 N–H and O–H groups in total. The maximum absolute atomic E-state index is 15.4. The molecule has 12 nitrogen and oxygen atoms in total. The van der Waals surface area contributed by atoms with Crippen molar-refractivity contribution >= 4 is 41.5 Å². The van der Waals surface area contributed by atoms with Crippen molar-refractivity contribution in [2.24, 2.45) is 0 Å². The number of hydrogen-bond acceptors (Lipinski definition) is 10. The number of pyridine rings is 2. The second kappa shape index (κ2) is 17.8. The molecule has 0 unspecified atom stereocenters. The lowest BCUT2D eigenvalue weighted by Crippen LogP contribution is -2.45. The van der Waals surface area contributed by atoms with Crippen LogP contribution in [0.25, 0.3) is 6.08 Å². The van der Waals surface area contributed by atoms with Gasteiger partial charge in [-0.15, -0.1) is 0 Å². The number of carbonyl (C=O) groups is 2. The molecule has 0 saturated carbocycles. The van der Waals surface area contributed by atoms with Crippen molar-refractivity contribution in [2.45, 2.75) is 102 Å². The predicted octanol–water partition coefficient (Wildman–Crippen LogP) is 6.25. The highest BCUT2D eigenvalue weighted by atomic mass is 35.5. The molecule has 0 spiro atoms.